The minimum absolute atomic E-state index is 0.0253. The molecular formula is C20H28N2O8S. The molecule has 0 saturated carbocycles. The van der Waals surface area contributed by atoms with Crippen molar-refractivity contribution in [1.29, 1.82) is 0 Å². The molecule has 172 valence electrons. The highest BCUT2D eigenvalue weighted by Crippen LogP contribution is 2.40. The monoisotopic (exact) mass is 456 g/mol. The predicted octanol–water partition coefficient (Wildman–Crippen LogP) is 0.376. The zero-order valence-electron chi connectivity index (χ0n) is 17.7. The first-order chi connectivity index (χ1) is 14.9. The lowest BCUT2D eigenvalue weighted by Crippen LogP contribution is -2.71. The number of rotatable bonds is 13. The van der Waals surface area contributed by atoms with Gasteiger partial charge in [0.15, 0.2) is 0 Å². The molecule has 1 fully saturated rings. The predicted molar refractivity (Wildman–Crippen MR) is 112 cm³/mol. The Kier molecular flexibility index (Phi) is 10.0. The summed E-state index contributed by atoms with van der Waals surface area (Å²) in [5.41, 5.74) is 0.519. The van der Waals surface area contributed by atoms with E-state index < -0.39 is 35.2 Å². The maximum atomic E-state index is 12.7. The van der Waals surface area contributed by atoms with Crippen LogP contribution in [0.3, 0.4) is 0 Å². The summed E-state index contributed by atoms with van der Waals surface area (Å²) < 4.78 is 20.6. The van der Waals surface area contributed by atoms with Gasteiger partial charge < -0.3 is 24.3 Å². The van der Waals surface area contributed by atoms with Gasteiger partial charge >= 0.3 is 11.9 Å². The Balaban J connectivity index is 1.97. The summed E-state index contributed by atoms with van der Waals surface area (Å²) in [5, 5.41) is 2.18. The standard InChI is InChI=1S/C20H28N2O8S/c1-4-6-27-8-9-28-11-15(24)21-16-18(25)22-17(20(26)29-7-5-2)14(10-30-13(3)23)12-31-19(16)22/h5,16,19H,2,4,6-12H2,1,3H3,(H,21,24)/t16-,19?/m1/s1. The van der Waals surface area contributed by atoms with Crippen LogP contribution in [0.1, 0.15) is 20.3 Å². The summed E-state index contributed by atoms with van der Waals surface area (Å²) in [6.45, 7) is 7.70. The third kappa shape index (κ3) is 6.81. The van der Waals surface area contributed by atoms with Crippen molar-refractivity contribution < 1.29 is 38.1 Å². The van der Waals surface area contributed by atoms with Crippen molar-refractivity contribution in [3.8, 4) is 0 Å². The minimum Gasteiger partial charge on any atom is -0.461 e. The molecular weight excluding hydrogens is 428 g/mol. The van der Waals surface area contributed by atoms with E-state index in [4.69, 9.17) is 18.9 Å². The fourth-order valence-electron chi connectivity index (χ4n) is 2.92. The van der Waals surface area contributed by atoms with Gasteiger partial charge in [-0.25, -0.2) is 4.79 Å². The van der Waals surface area contributed by atoms with Crippen LogP contribution in [0.5, 0.6) is 0 Å². The summed E-state index contributed by atoms with van der Waals surface area (Å²) >= 11 is 1.36. The second-order valence-electron chi connectivity index (χ2n) is 6.74. The van der Waals surface area contributed by atoms with Crippen LogP contribution in [0.25, 0.3) is 0 Å². The molecule has 11 heteroatoms. The molecule has 2 rings (SSSR count). The van der Waals surface area contributed by atoms with Crippen LogP contribution in [0.15, 0.2) is 23.9 Å². The van der Waals surface area contributed by atoms with E-state index in [0.717, 1.165) is 6.42 Å². The molecule has 0 radical (unpaired) electrons. The van der Waals surface area contributed by atoms with Gasteiger partial charge in [0.25, 0.3) is 5.91 Å². The van der Waals surface area contributed by atoms with Gasteiger partial charge in [0.2, 0.25) is 5.91 Å². The van der Waals surface area contributed by atoms with Crippen molar-refractivity contribution in [3.63, 3.8) is 0 Å². The highest BCUT2D eigenvalue weighted by Gasteiger charge is 2.54. The molecule has 2 aliphatic heterocycles. The molecule has 2 amide bonds. The molecule has 1 saturated heterocycles. The lowest BCUT2D eigenvalue weighted by Gasteiger charge is -2.49. The molecule has 2 heterocycles. The highest BCUT2D eigenvalue weighted by molar-refractivity contribution is 8.00. The minimum atomic E-state index is -0.782. The van der Waals surface area contributed by atoms with Gasteiger partial charge in [-0.15, -0.1) is 11.8 Å². The molecule has 0 spiro atoms. The summed E-state index contributed by atoms with van der Waals surface area (Å²) in [6.07, 6.45) is 2.31. The first-order valence-corrected chi connectivity index (χ1v) is 11.0. The van der Waals surface area contributed by atoms with Crippen LogP contribution in [0.2, 0.25) is 0 Å². The van der Waals surface area contributed by atoms with E-state index in [0.29, 0.717) is 24.5 Å². The first kappa shape index (κ1) is 24.9. The maximum Gasteiger partial charge on any atom is 0.355 e. The topological polar surface area (TPSA) is 120 Å². The van der Waals surface area contributed by atoms with Crippen LogP contribution in [0.4, 0.5) is 0 Å². The first-order valence-electron chi connectivity index (χ1n) is 9.93. The van der Waals surface area contributed by atoms with Gasteiger partial charge in [-0.1, -0.05) is 19.6 Å². The van der Waals surface area contributed by atoms with E-state index in [-0.39, 0.29) is 32.1 Å². The molecule has 0 bridgehead atoms. The second-order valence-corrected chi connectivity index (χ2v) is 7.84. The maximum absolute atomic E-state index is 12.7. The smallest absolute Gasteiger partial charge is 0.355 e. The molecule has 0 aromatic rings. The number of fused-ring (bicyclic) bond motifs is 1. The van der Waals surface area contributed by atoms with Gasteiger partial charge in [-0.2, -0.15) is 0 Å². The van der Waals surface area contributed by atoms with Crippen LogP contribution in [-0.2, 0) is 38.1 Å². The molecule has 2 atom stereocenters. The van der Waals surface area contributed by atoms with Gasteiger partial charge in [0.05, 0.1) is 13.2 Å². The third-order valence-corrected chi connectivity index (χ3v) is 5.63. The number of amides is 2. The van der Waals surface area contributed by atoms with E-state index in [1.54, 1.807) is 0 Å². The summed E-state index contributed by atoms with van der Waals surface area (Å²) in [4.78, 5) is 49.8. The Morgan fingerprint density at radius 2 is 1.97 bits per heavy atom. The van der Waals surface area contributed by atoms with Crippen molar-refractivity contribution in [1.82, 2.24) is 10.2 Å². The number of thioether (sulfide) groups is 1. The quantitative estimate of drug-likeness (QED) is 0.181. The number of hydrogen-bond acceptors (Lipinski definition) is 9. The van der Waals surface area contributed by atoms with Gasteiger partial charge in [0, 0.05) is 24.9 Å². The number of β-lactam (4-membered cyclic amide) rings is 1. The number of nitrogens with one attached hydrogen (secondary N) is 1. The number of hydrogen-bond donors (Lipinski definition) is 1. The number of carbonyl (C=O) groups excluding carboxylic acids is 4. The van der Waals surface area contributed by atoms with Crippen molar-refractivity contribution in [3.05, 3.63) is 23.9 Å². The Labute approximate surface area is 185 Å². The number of carbonyl (C=O) groups is 4. The van der Waals surface area contributed by atoms with E-state index in [1.165, 1.54) is 29.7 Å². The fraction of sp³-hybridized carbons (Fsp3) is 0.600. The van der Waals surface area contributed by atoms with E-state index in [1.807, 2.05) is 6.92 Å². The van der Waals surface area contributed by atoms with E-state index >= 15 is 0 Å². The van der Waals surface area contributed by atoms with Crippen molar-refractivity contribution in [2.75, 3.05) is 45.4 Å². The van der Waals surface area contributed by atoms with Crippen LogP contribution in [-0.4, -0.2) is 85.5 Å². The van der Waals surface area contributed by atoms with E-state index in [9.17, 15) is 19.2 Å². The third-order valence-electron chi connectivity index (χ3n) is 4.29. The van der Waals surface area contributed by atoms with Crippen LogP contribution in [0, 0.1) is 0 Å². The van der Waals surface area contributed by atoms with Crippen LogP contribution < -0.4 is 5.32 Å². The summed E-state index contributed by atoms with van der Waals surface area (Å²) in [6, 6.07) is -0.782. The second kappa shape index (κ2) is 12.5. The Morgan fingerprint density at radius 3 is 2.65 bits per heavy atom. The van der Waals surface area contributed by atoms with Gasteiger partial charge in [-0.3, -0.25) is 19.3 Å². The zero-order valence-corrected chi connectivity index (χ0v) is 18.5. The number of esters is 2. The summed E-state index contributed by atoms with van der Waals surface area (Å²) in [5.74, 6) is -1.74. The molecule has 31 heavy (non-hydrogen) atoms. The molecule has 10 nitrogen and oxygen atoms in total. The lowest BCUT2D eigenvalue weighted by molar-refractivity contribution is -0.153. The zero-order chi connectivity index (χ0) is 22.8. The average molecular weight is 457 g/mol. The normalized spacial score (nSPS) is 19.9. The molecule has 1 unspecified atom stereocenters. The van der Waals surface area contributed by atoms with Crippen molar-refractivity contribution in [2.24, 2.45) is 0 Å². The van der Waals surface area contributed by atoms with Crippen molar-refractivity contribution >= 4 is 35.5 Å². The highest BCUT2D eigenvalue weighted by atomic mass is 32.2. The molecule has 0 aliphatic carbocycles. The molecule has 1 N–H and O–H groups in total. The fourth-order valence-corrected chi connectivity index (χ4v) is 4.25. The van der Waals surface area contributed by atoms with Gasteiger partial charge in [-0.05, 0) is 6.42 Å². The number of ether oxygens (including phenoxy) is 4. The average Bonchev–Trinajstić information content (AvgIpc) is 2.75. The van der Waals surface area contributed by atoms with Crippen molar-refractivity contribution in [2.45, 2.75) is 31.7 Å². The Hall–Kier alpha value is -2.37. The molecule has 0 aromatic carbocycles. The molecule has 0 aromatic heterocycles. The Bertz CT molecular complexity index is 739. The van der Waals surface area contributed by atoms with Crippen LogP contribution >= 0.6 is 11.8 Å². The lowest BCUT2D eigenvalue weighted by atomic mass is 10.0. The summed E-state index contributed by atoms with van der Waals surface area (Å²) in [7, 11) is 0. The van der Waals surface area contributed by atoms with E-state index in [2.05, 4.69) is 11.9 Å². The largest absolute Gasteiger partial charge is 0.461 e. The molecule has 2 aliphatic rings. The number of nitrogens with zero attached hydrogens (tertiary/aromatic N) is 1. The Morgan fingerprint density at radius 1 is 1.23 bits per heavy atom. The SMILES string of the molecule is C=CCOC(=O)C1=C(COC(C)=O)CSC2[C@H](NC(=O)COCCOCCC)C(=O)N12. The van der Waals surface area contributed by atoms with Gasteiger partial charge in [0.1, 0.15) is 36.9 Å².